The van der Waals surface area contributed by atoms with E-state index in [1.54, 1.807) is 0 Å². The summed E-state index contributed by atoms with van der Waals surface area (Å²) in [5, 5.41) is 8.06. The largest absolute Gasteiger partial charge is 0.316 e. The molecule has 1 aromatic rings. The topological polar surface area (TPSA) is 25.8 Å². The standard InChI is InChI=1S/C3H3N2S.Re/c1-3-5-4-2-6-3;/h1H3;/q-1;. The van der Waals surface area contributed by atoms with E-state index in [1.165, 1.54) is 11.3 Å². The minimum atomic E-state index is 0. The van der Waals surface area contributed by atoms with E-state index in [0.29, 0.717) is 0 Å². The van der Waals surface area contributed by atoms with Crippen molar-refractivity contribution in [2.45, 2.75) is 6.92 Å². The van der Waals surface area contributed by atoms with E-state index in [9.17, 15) is 0 Å². The molecule has 0 saturated heterocycles. The molecule has 0 amide bonds. The summed E-state index contributed by atoms with van der Waals surface area (Å²) in [6.07, 6.45) is 0. The van der Waals surface area contributed by atoms with Crippen molar-refractivity contribution in [1.29, 1.82) is 0 Å². The fraction of sp³-hybridized carbons (Fsp3) is 0.333. The molecule has 0 aliphatic heterocycles. The Labute approximate surface area is 59.6 Å². The van der Waals surface area contributed by atoms with Crippen LogP contribution in [0.4, 0.5) is 0 Å². The molecule has 1 heterocycles. The van der Waals surface area contributed by atoms with Gasteiger partial charge in [0.2, 0.25) is 0 Å². The molecular weight excluding hydrogens is 282 g/mol. The molecule has 0 bridgehead atoms. The van der Waals surface area contributed by atoms with Gasteiger partial charge in [-0.3, -0.25) is 10.2 Å². The minimum Gasteiger partial charge on any atom is -0.316 e. The summed E-state index contributed by atoms with van der Waals surface area (Å²) >= 11 is 1.43. The molecule has 0 N–H and O–H groups in total. The summed E-state index contributed by atoms with van der Waals surface area (Å²) in [5.74, 6) is 0. The van der Waals surface area contributed by atoms with Gasteiger partial charge in [0.1, 0.15) is 0 Å². The fourth-order valence-corrected chi connectivity index (χ4v) is 0.493. The van der Waals surface area contributed by atoms with E-state index >= 15 is 0 Å². The maximum atomic E-state index is 3.63. The van der Waals surface area contributed by atoms with Crippen molar-refractivity contribution >= 4 is 11.3 Å². The summed E-state index contributed by atoms with van der Waals surface area (Å²) in [7, 11) is 0. The van der Waals surface area contributed by atoms with Gasteiger partial charge in [0.05, 0.1) is 0 Å². The Balaban J connectivity index is 0.000000360. The molecule has 7 heavy (non-hydrogen) atoms. The van der Waals surface area contributed by atoms with Gasteiger partial charge in [-0.2, -0.15) is 0 Å². The van der Waals surface area contributed by atoms with Crippen LogP contribution in [-0.4, -0.2) is 10.2 Å². The number of hydrogen-bond donors (Lipinski definition) is 0. The van der Waals surface area contributed by atoms with Crippen LogP contribution in [0.1, 0.15) is 5.01 Å². The first kappa shape index (κ1) is 7.22. The van der Waals surface area contributed by atoms with Gasteiger partial charge in [0.15, 0.2) is 0 Å². The zero-order valence-corrected chi connectivity index (χ0v) is 7.21. The molecule has 0 atom stereocenters. The van der Waals surface area contributed by atoms with Crippen LogP contribution in [0.15, 0.2) is 0 Å². The average Bonchev–Trinajstić information content (AvgIpc) is 1.86. The molecule has 0 aliphatic carbocycles. The first-order chi connectivity index (χ1) is 2.89. The van der Waals surface area contributed by atoms with Crippen LogP contribution in [0.5, 0.6) is 0 Å². The molecule has 0 unspecified atom stereocenters. The van der Waals surface area contributed by atoms with Crippen molar-refractivity contribution in [3.05, 3.63) is 10.5 Å². The SMILES string of the molecule is Cc1nn[c-]s1.[Re]. The Morgan fingerprint density at radius 1 is 1.71 bits per heavy atom. The van der Waals surface area contributed by atoms with E-state index in [1.807, 2.05) is 6.92 Å². The summed E-state index contributed by atoms with van der Waals surface area (Å²) in [6.45, 7) is 1.90. The quantitative estimate of drug-likeness (QED) is 0.654. The second kappa shape index (κ2) is 3.25. The maximum Gasteiger partial charge on any atom is 0 e. The Bertz CT molecular complexity index is 116. The van der Waals surface area contributed by atoms with Crippen molar-refractivity contribution in [1.82, 2.24) is 10.2 Å². The number of rotatable bonds is 0. The van der Waals surface area contributed by atoms with Gasteiger partial charge >= 0.3 is 0 Å². The molecule has 2 nitrogen and oxygen atoms in total. The molecule has 1 radical (unpaired) electrons. The molecule has 0 aromatic carbocycles. The van der Waals surface area contributed by atoms with Gasteiger partial charge in [0.25, 0.3) is 0 Å². The summed E-state index contributed by atoms with van der Waals surface area (Å²) in [5.41, 5.74) is 2.61. The van der Waals surface area contributed by atoms with Crippen LogP contribution in [-0.2, 0) is 20.4 Å². The van der Waals surface area contributed by atoms with Gasteiger partial charge in [0, 0.05) is 20.4 Å². The zero-order valence-electron chi connectivity index (χ0n) is 3.68. The van der Waals surface area contributed by atoms with E-state index in [-0.39, 0.29) is 20.4 Å². The van der Waals surface area contributed by atoms with Crippen LogP contribution in [0.25, 0.3) is 0 Å². The molecule has 1 rings (SSSR count). The molecule has 39 valence electrons. The first-order valence-electron chi connectivity index (χ1n) is 1.56. The molecule has 0 fully saturated rings. The fourth-order valence-electron chi connectivity index (χ4n) is 0.198. The van der Waals surface area contributed by atoms with E-state index < -0.39 is 0 Å². The van der Waals surface area contributed by atoms with E-state index in [2.05, 4.69) is 15.7 Å². The van der Waals surface area contributed by atoms with Gasteiger partial charge in [-0.05, 0) is 5.01 Å². The Kier molecular flexibility index (Phi) is 3.36. The Morgan fingerprint density at radius 2 is 2.43 bits per heavy atom. The van der Waals surface area contributed by atoms with Crippen LogP contribution in [0.2, 0.25) is 0 Å². The van der Waals surface area contributed by atoms with Crippen molar-refractivity contribution in [2.75, 3.05) is 0 Å². The van der Waals surface area contributed by atoms with Crippen LogP contribution in [0.3, 0.4) is 0 Å². The number of nitrogens with zero attached hydrogens (tertiary/aromatic N) is 2. The van der Waals surface area contributed by atoms with Crippen LogP contribution < -0.4 is 0 Å². The predicted octanol–water partition coefficient (Wildman–Crippen LogP) is 0.644. The van der Waals surface area contributed by atoms with Crippen LogP contribution >= 0.6 is 11.3 Å². The molecule has 0 saturated carbocycles. The maximum absolute atomic E-state index is 3.63. The van der Waals surface area contributed by atoms with Crippen molar-refractivity contribution in [3.63, 3.8) is 0 Å². The third kappa shape index (κ3) is 2.13. The smallest absolute Gasteiger partial charge is 0 e. The van der Waals surface area contributed by atoms with E-state index in [4.69, 9.17) is 0 Å². The van der Waals surface area contributed by atoms with Gasteiger partial charge in [-0.25, -0.2) is 0 Å². The number of aryl methyl sites for hydroxylation is 1. The first-order valence-corrected chi connectivity index (χ1v) is 2.37. The summed E-state index contributed by atoms with van der Waals surface area (Å²) in [4.78, 5) is 0. The predicted molar refractivity (Wildman–Crippen MR) is 23.5 cm³/mol. The van der Waals surface area contributed by atoms with Crippen molar-refractivity contribution < 1.29 is 20.4 Å². The second-order valence-corrected chi connectivity index (χ2v) is 1.89. The van der Waals surface area contributed by atoms with Gasteiger partial charge in [-0.15, -0.1) is 0 Å². The Hall–Kier alpha value is 0.222. The van der Waals surface area contributed by atoms with Crippen LogP contribution in [0, 0.1) is 12.4 Å². The van der Waals surface area contributed by atoms with Crippen molar-refractivity contribution in [3.8, 4) is 0 Å². The minimum absolute atomic E-state index is 0. The van der Waals surface area contributed by atoms with E-state index in [0.717, 1.165) is 5.01 Å². The monoisotopic (exact) mass is 286 g/mol. The van der Waals surface area contributed by atoms with Crippen molar-refractivity contribution in [2.24, 2.45) is 0 Å². The summed E-state index contributed by atoms with van der Waals surface area (Å²) in [6, 6.07) is 0. The third-order valence-corrected chi connectivity index (χ3v) is 0.975. The normalized spacial score (nSPS) is 7.57. The summed E-state index contributed by atoms with van der Waals surface area (Å²) < 4.78 is 0. The number of hydrogen-bond acceptors (Lipinski definition) is 3. The molecule has 4 heteroatoms. The van der Waals surface area contributed by atoms with Gasteiger partial charge < -0.3 is 11.3 Å². The Morgan fingerprint density at radius 3 is 2.57 bits per heavy atom. The molecule has 1 aromatic heterocycles. The number of aromatic nitrogens is 2. The third-order valence-electron chi connectivity index (χ3n) is 0.425. The van der Waals surface area contributed by atoms with Gasteiger partial charge in [-0.1, -0.05) is 12.4 Å². The molecular formula is C3H3N2ReS-. The second-order valence-electron chi connectivity index (χ2n) is 0.912. The molecule has 0 spiro atoms. The average molecular weight is 285 g/mol. The molecule has 0 aliphatic rings. The zero-order chi connectivity index (χ0) is 4.41.